The van der Waals surface area contributed by atoms with E-state index in [0.29, 0.717) is 12.1 Å². The Morgan fingerprint density at radius 2 is 1.76 bits per heavy atom. The van der Waals surface area contributed by atoms with Crippen LogP contribution in [0.3, 0.4) is 0 Å². The van der Waals surface area contributed by atoms with Gasteiger partial charge < -0.3 is 14.2 Å². The number of piperidine rings is 1. The number of benzene rings is 1. The third kappa shape index (κ3) is 4.17. The average molecular weight is 476 g/mol. The van der Waals surface area contributed by atoms with Gasteiger partial charge in [-0.25, -0.2) is 18.0 Å². The molecular weight excluding hydrogens is 454 g/mol. The number of hydrogen-bond acceptors (Lipinski definition) is 4. The maximum Gasteiger partial charge on any atom is 0.416 e. The lowest BCUT2D eigenvalue weighted by atomic mass is 9.90. The van der Waals surface area contributed by atoms with Crippen molar-refractivity contribution in [3.05, 3.63) is 41.4 Å². The fourth-order valence-corrected chi connectivity index (χ4v) is 4.46. The molecule has 2 fully saturated rings. The van der Waals surface area contributed by atoms with Gasteiger partial charge in [-0.15, -0.1) is 0 Å². The molecule has 1 saturated heterocycles. The fourth-order valence-electron chi connectivity index (χ4n) is 4.46. The molecule has 11 heteroatoms. The molecular formula is C22H22F6N2O3. The smallest absolute Gasteiger partial charge is 0.416 e. The predicted molar refractivity (Wildman–Crippen MR) is 104 cm³/mol. The zero-order chi connectivity index (χ0) is 24.4. The lowest BCUT2D eigenvalue weighted by Gasteiger charge is -2.33. The van der Waals surface area contributed by atoms with Gasteiger partial charge in [0.05, 0.1) is 16.9 Å². The molecule has 1 spiro atoms. The van der Waals surface area contributed by atoms with Crippen molar-refractivity contribution < 1.29 is 40.4 Å². The van der Waals surface area contributed by atoms with Crippen molar-refractivity contribution in [1.82, 2.24) is 10.1 Å². The Morgan fingerprint density at radius 3 is 2.33 bits per heavy atom. The molecule has 0 bridgehead atoms. The molecule has 1 aromatic carbocycles. The van der Waals surface area contributed by atoms with Gasteiger partial charge in [-0.3, -0.25) is 0 Å². The Labute approximate surface area is 185 Å². The summed E-state index contributed by atoms with van der Waals surface area (Å²) in [6.45, 7) is 5.26. The van der Waals surface area contributed by atoms with Crippen LogP contribution in [-0.2, 0) is 10.9 Å². The van der Waals surface area contributed by atoms with Crippen LogP contribution >= 0.6 is 0 Å². The average Bonchev–Trinajstić information content (AvgIpc) is 2.99. The van der Waals surface area contributed by atoms with Crippen LogP contribution in [0.25, 0.3) is 11.3 Å². The van der Waals surface area contributed by atoms with E-state index in [0.717, 1.165) is 12.1 Å². The first-order chi connectivity index (χ1) is 15.1. The molecule has 180 valence electrons. The van der Waals surface area contributed by atoms with Gasteiger partial charge in [-0.05, 0) is 51.8 Å². The van der Waals surface area contributed by atoms with Crippen LogP contribution in [0.5, 0.6) is 0 Å². The number of carbonyl (C=O) groups is 1. The molecule has 0 N–H and O–H groups in total. The number of halogens is 6. The molecule has 1 unspecified atom stereocenters. The van der Waals surface area contributed by atoms with Gasteiger partial charge in [0.15, 0.2) is 0 Å². The SMILES string of the molecule is CC(C)(C)OC(=O)N1CCC2(CC1)C(c1cc(-c3cc(F)cc(C(F)(F)F)c3)no1)C2(F)F. The van der Waals surface area contributed by atoms with E-state index in [2.05, 4.69) is 5.16 Å². The van der Waals surface area contributed by atoms with E-state index in [-0.39, 0.29) is 42.9 Å². The van der Waals surface area contributed by atoms with Gasteiger partial charge in [-0.1, -0.05) is 5.16 Å². The zero-order valence-electron chi connectivity index (χ0n) is 18.1. The highest BCUT2D eigenvalue weighted by Crippen LogP contribution is 2.75. The number of hydrogen-bond donors (Lipinski definition) is 0. The zero-order valence-corrected chi connectivity index (χ0v) is 18.1. The molecule has 0 radical (unpaired) electrons. The van der Waals surface area contributed by atoms with Crippen molar-refractivity contribution >= 4 is 6.09 Å². The summed E-state index contributed by atoms with van der Waals surface area (Å²) in [5.41, 5.74) is -3.77. The maximum atomic E-state index is 14.9. The minimum absolute atomic E-state index is 0.00186. The van der Waals surface area contributed by atoms with Crippen molar-refractivity contribution in [2.45, 2.75) is 57.2 Å². The van der Waals surface area contributed by atoms with Crippen molar-refractivity contribution in [3.63, 3.8) is 0 Å². The largest absolute Gasteiger partial charge is 0.444 e. The number of aromatic nitrogens is 1. The summed E-state index contributed by atoms with van der Waals surface area (Å²) in [6, 6.07) is 2.98. The van der Waals surface area contributed by atoms with E-state index < -0.39 is 46.5 Å². The van der Waals surface area contributed by atoms with E-state index in [1.54, 1.807) is 20.8 Å². The number of ether oxygens (including phenoxy) is 1. The Balaban J connectivity index is 1.52. The van der Waals surface area contributed by atoms with Gasteiger partial charge in [-0.2, -0.15) is 13.2 Å². The second kappa shape index (κ2) is 7.39. The number of amides is 1. The van der Waals surface area contributed by atoms with E-state index in [4.69, 9.17) is 9.26 Å². The quantitative estimate of drug-likeness (QED) is 0.481. The molecule has 1 aromatic heterocycles. The maximum absolute atomic E-state index is 14.9. The lowest BCUT2D eigenvalue weighted by molar-refractivity contribution is -0.137. The third-order valence-corrected chi connectivity index (χ3v) is 6.14. The van der Waals surface area contributed by atoms with Crippen molar-refractivity contribution in [2.24, 2.45) is 5.41 Å². The van der Waals surface area contributed by atoms with Crippen molar-refractivity contribution in [3.8, 4) is 11.3 Å². The highest BCUT2D eigenvalue weighted by Gasteiger charge is 2.82. The summed E-state index contributed by atoms with van der Waals surface area (Å²) < 4.78 is 92.8. The Morgan fingerprint density at radius 1 is 1.12 bits per heavy atom. The van der Waals surface area contributed by atoms with Crippen molar-refractivity contribution in [2.75, 3.05) is 13.1 Å². The van der Waals surface area contributed by atoms with Gasteiger partial charge in [0.2, 0.25) is 0 Å². The van der Waals surface area contributed by atoms with Crippen LogP contribution in [0, 0.1) is 11.2 Å². The minimum atomic E-state index is -4.78. The summed E-state index contributed by atoms with van der Waals surface area (Å²) in [4.78, 5) is 13.6. The predicted octanol–water partition coefficient (Wildman–Crippen LogP) is 6.25. The summed E-state index contributed by atoms with van der Waals surface area (Å²) in [6.07, 6.45) is -5.36. The highest BCUT2D eigenvalue weighted by molar-refractivity contribution is 5.68. The van der Waals surface area contributed by atoms with E-state index in [9.17, 15) is 31.1 Å². The second-order valence-electron chi connectivity index (χ2n) is 9.52. The standard InChI is InChI=1S/C22H22F6N2O3/c1-19(2,3)32-18(31)30-6-4-20(5-7-30)17(21(20,24)25)16-11-15(29-33-16)12-8-13(22(26,27)28)10-14(23)9-12/h8-11,17H,4-7H2,1-3H3. The molecule has 1 atom stereocenters. The molecule has 33 heavy (non-hydrogen) atoms. The van der Waals surface area contributed by atoms with Crippen LogP contribution in [0.4, 0.5) is 31.1 Å². The molecule has 4 rings (SSSR count). The highest BCUT2D eigenvalue weighted by atomic mass is 19.4. The number of nitrogens with zero attached hydrogens (tertiary/aromatic N) is 2. The third-order valence-electron chi connectivity index (χ3n) is 6.14. The van der Waals surface area contributed by atoms with Crippen LogP contribution in [0.1, 0.15) is 50.9 Å². The molecule has 1 aliphatic heterocycles. The molecule has 1 saturated carbocycles. The first-order valence-corrected chi connectivity index (χ1v) is 10.3. The molecule has 2 heterocycles. The number of likely N-dealkylation sites (tertiary alicyclic amines) is 1. The topological polar surface area (TPSA) is 55.6 Å². The van der Waals surface area contributed by atoms with Crippen LogP contribution < -0.4 is 0 Å². The molecule has 2 aliphatic rings. The molecule has 2 aromatic rings. The summed E-state index contributed by atoms with van der Waals surface area (Å²) in [5.74, 6) is -5.78. The molecule has 1 amide bonds. The van der Waals surface area contributed by atoms with Gasteiger partial charge in [0.25, 0.3) is 5.92 Å². The van der Waals surface area contributed by atoms with Crippen LogP contribution in [0.15, 0.2) is 28.8 Å². The summed E-state index contributed by atoms with van der Waals surface area (Å²) >= 11 is 0. The summed E-state index contributed by atoms with van der Waals surface area (Å²) in [5, 5.41) is 3.61. The van der Waals surface area contributed by atoms with Crippen LogP contribution in [0.2, 0.25) is 0 Å². The molecule has 1 aliphatic carbocycles. The summed E-state index contributed by atoms with van der Waals surface area (Å²) in [7, 11) is 0. The first-order valence-electron chi connectivity index (χ1n) is 10.3. The number of rotatable bonds is 2. The van der Waals surface area contributed by atoms with Gasteiger partial charge >= 0.3 is 12.3 Å². The first kappa shape index (κ1) is 23.4. The number of carbonyl (C=O) groups excluding carboxylic acids is 1. The molecule has 5 nitrogen and oxygen atoms in total. The monoisotopic (exact) mass is 476 g/mol. The van der Waals surface area contributed by atoms with Gasteiger partial charge in [0.1, 0.15) is 22.9 Å². The van der Waals surface area contributed by atoms with Crippen molar-refractivity contribution in [1.29, 1.82) is 0 Å². The van der Waals surface area contributed by atoms with Crippen LogP contribution in [-0.4, -0.2) is 40.8 Å². The van der Waals surface area contributed by atoms with Gasteiger partial charge in [0, 0.05) is 24.7 Å². The Kier molecular flexibility index (Phi) is 5.25. The number of alkyl halides is 5. The fraction of sp³-hybridized carbons (Fsp3) is 0.545. The second-order valence-corrected chi connectivity index (χ2v) is 9.52. The normalized spacial score (nSPS) is 21.8. The van der Waals surface area contributed by atoms with E-state index in [1.807, 2.05) is 0 Å². The lowest BCUT2D eigenvalue weighted by Crippen LogP contribution is -2.43. The van der Waals surface area contributed by atoms with E-state index >= 15 is 0 Å². The Bertz CT molecular complexity index is 1060. The minimum Gasteiger partial charge on any atom is -0.444 e. The Hall–Kier alpha value is -2.72. The van der Waals surface area contributed by atoms with E-state index in [1.165, 1.54) is 4.90 Å².